The van der Waals surface area contributed by atoms with Crippen LogP contribution in [0.5, 0.6) is 0 Å². The summed E-state index contributed by atoms with van der Waals surface area (Å²) in [5, 5.41) is 7.50. The largest absolute Gasteiger partial charge is 0.451 e. The van der Waals surface area contributed by atoms with Crippen LogP contribution in [0.2, 0.25) is 5.02 Å². The van der Waals surface area contributed by atoms with E-state index in [1.165, 1.54) is 0 Å². The Labute approximate surface area is 157 Å². The third kappa shape index (κ3) is 3.45. The van der Waals surface area contributed by atoms with Crippen LogP contribution in [0.3, 0.4) is 0 Å². The molecule has 0 spiro atoms. The fourth-order valence-electron chi connectivity index (χ4n) is 2.59. The average Bonchev–Trinajstić information content (AvgIpc) is 3.16. The van der Waals surface area contributed by atoms with Gasteiger partial charge in [0.25, 0.3) is 5.56 Å². The summed E-state index contributed by atoms with van der Waals surface area (Å²) < 4.78 is 10.8. The summed E-state index contributed by atoms with van der Waals surface area (Å²) in [6.45, 7) is -0.165. The first-order chi connectivity index (χ1) is 13.1. The van der Waals surface area contributed by atoms with Gasteiger partial charge in [-0.25, -0.2) is 14.9 Å². The number of fused-ring (bicyclic) bond motifs is 1. The van der Waals surface area contributed by atoms with Gasteiger partial charge in [0.2, 0.25) is 5.89 Å². The second-order valence-electron chi connectivity index (χ2n) is 5.65. The highest BCUT2D eigenvalue weighted by atomic mass is 35.5. The van der Waals surface area contributed by atoms with Crippen LogP contribution < -0.4 is 5.56 Å². The molecule has 0 unspecified atom stereocenters. The van der Waals surface area contributed by atoms with Crippen LogP contribution in [0, 0.1) is 0 Å². The number of benzene rings is 2. The minimum Gasteiger partial charge on any atom is -0.451 e. The van der Waals surface area contributed by atoms with Crippen LogP contribution in [0.1, 0.15) is 16.4 Å². The van der Waals surface area contributed by atoms with Crippen molar-refractivity contribution in [3.8, 4) is 11.3 Å². The zero-order chi connectivity index (χ0) is 18.8. The van der Waals surface area contributed by atoms with Crippen LogP contribution in [-0.4, -0.2) is 21.2 Å². The molecule has 0 saturated carbocycles. The summed E-state index contributed by atoms with van der Waals surface area (Å²) >= 11 is 5.87. The Kier molecular flexibility index (Phi) is 4.43. The average molecular weight is 382 g/mol. The Morgan fingerprint density at radius 3 is 2.63 bits per heavy atom. The molecule has 2 aromatic heterocycles. The number of H-pyrrole nitrogens is 1. The molecule has 0 amide bonds. The molecule has 0 aliphatic rings. The first kappa shape index (κ1) is 17.0. The lowest BCUT2D eigenvalue weighted by Gasteiger charge is -2.04. The Morgan fingerprint density at radius 1 is 1.11 bits per heavy atom. The van der Waals surface area contributed by atoms with Crippen molar-refractivity contribution in [1.29, 1.82) is 0 Å². The molecule has 134 valence electrons. The molecule has 0 atom stereocenters. The predicted molar refractivity (Wildman–Crippen MR) is 98.4 cm³/mol. The van der Waals surface area contributed by atoms with Crippen LogP contribution >= 0.6 is 11.6 Å². The van der Waals surface area contributed by atoms with E-state index in [0.29, 0.717) is 21.6 Å². The minimum absolute atomic E-state index is 0.0229. The molecular weight excluding hydrogens is 370 g/mol. The molecule has 0 fully saturated rings. The molecule has 4 rings (SSSR count). The van der Waals surface area contributed by atoms with Crippen molar-refractivity contribution in [2.75, 3.05) is 0 Å². The van der Waals surface area contributed by atoms with Gasteiger partial charge in [-0.15, -0.1) is 0 Å². The summed E-state index contributed by atoms with van der Waals surface area (Å²) in [4.78, 5) is 28.3. The first-order valence-electron chi connectivity index (χ1n) is 7.97. The molecule has 0 radical (unpaired) electrons. The lowest BCUT2D eigenvalue weighted by Crippen LogP contribution is -2.16. The maximum Gasteiger partial charge on any atom is 0.359 e. The van der Waals surface area contributed by atoms with E-state index in [1.807, 2.05) is 0 Å². The Balaban J connectivity index is 1.51. The SMILES string of the molecule is O=C(OCc1ncc(-c2ccc(Cl)cc2)o1)c1n[nH]c(=O)c2ccccc12. The van der Waals surface area contributed by atoms with Crippen molar-refractivity contribution in [3.63, 3.8) is 0 Å². The molecule has 0 aliphatic carbocycles. The van der Waals surface area contributed by atoms with E-state index in [1.54, 1.807) is 54.7 Å². The summed E-state index contributed by atoms with van der Waals surface area (Å²) in [7, 11) is 0. The maximum atomic E-state index is 12.4. The summed E-state index contributed by atoms with van der Waals surface area (Å²) in [5.41, 5.74) is 0.454. The first-order valence-corrected chi connectivity index (χ1v) is 8.35. The molecule has 4 aromatic rings. The number of aromatic nitrogens is 3. The number of nitrogens with one attached hydrogen (secondary N) is 1. The van der Waals surface area contributed by atoms with E-state index in [2.05, 4.69) is 15.2 Å². The highest BCUT2D eigenvalue weighted by Gasteiger charge is 2.17. The molecule has 0 saturated heterocycles. The van der Waals surface area contributed by atoms with Crippen molar-refractivity contribution in [2.24, 2.45) is 0 Å². The maximum absolute atomic E-state index is 12.4. The van der Waals surface area contributed by atoms with Gasteiger partial charge in [-0.1, -0.05) is 29.8 Å². The van der Waals surface area contributed by atoms with E-state index < -0.39 is 5.97 Å². The second-order valence-corrected chi connectivity index (χ2v) is 6.08. The fraction of sp³-hybridized carbons (Fsp3) is 0.0526. The highest BCUT2D eigenvalue weighted by molar-refractivity contribution is 6.30. The number of carbonyl (C=O) groups is 1. The normalized spacial score (nSPS) is 10.9. The number of nitrogens with zero attached hydrogens (tertiary/aromatic N) is 2. The van der Waals surface area contributed by atoms with Crippen LogP contribution in [0.25, 0.3) is 22.1 Å². The molecule has 27 heavy (non-hydrogen) atoms. The van der Waals surface area contributed by atoms with Gasteiger partial charge in [-0.05, 0) is 30.3 Å². The van der Waals surface area contributed by atoms with Gasteiger partial charge in [0.1, 0.15) is 0 Å². The standard InChI is InChI=1S/C19H12ClN3O4/c20-12-7-5-11(6-8-12)15-9-21-16(27-15)10-26-19(25)17-13-3-1-2-4-14(13)18(24)23-22-17/h1-9H,10H2,(H,23,24). The van der Waals surface area contributed by atoms with E-state index in [4.69, 9.17) is 20.8 Å². The number of halogens is 1. The quantitative estimate of drug-likeness (QED) is 0.542. The van der Waals surface area contributed by atoms with Crippen LogP contribution in [-0.2, 0) is 11.3 Å². The van der Waals surface area contributed by atoms with E-state index in [-0.39, 0.29) is 23.8 Å². The molecule has 0 aliphatic heterocycles. The monoisotopic (exact) mass is 381 g/mol. The van der Waals surface area contributed by atoms with E-state index in [9.17, 15) is 9.59 Å². The van der Waals surface area contributed by atoms with Gasteiger partial charge in [0.15, 0.2) is 18.1 Å². The number of carbonyl (C=O) groups excluding carboxylic acids is 1. The van der Waals surface area contributed by atoms with E-state index >= 15 is 0 Å². The smallest absolute Gasteiger partial charge is 0.359 e. The number of hydrogen-bond acceptors (Lipinski definition) is 6. The van der Waals surface area contributed by atoms with E-state index in [0.717, 1.165) is 5.56 Å². The number of oxazole rings is 1. The third-order valence-corrected chi connectivity index (χ3v) is 4.15. The van der Waals surface area contributed by atoms with Crippen LogP contribution in [0.15, 0.2) is 63.9 Å². The van der Waals surface area contributed by atoms with Crippen molar-refractivity contribution in [2.45, 2.75) is 6.61 Å². The fourth-order valence-corrected chi connectivity index (χ4v) is 2.72. The number of aromatic amines is 1. The van der Waals surface area contributed by atoms with Crippen molar-refractivity contribution in [1.82, 2.24) is 15.2 Å². The molecular formula is C19H12ClN3O4. The summed E-state index contributed by atoms with van der Waals surface area (Å²) in [6.07, 6.45) is 1.54. The predicted octanol–water partition coefficient (Wildman–Crippen LogP) is 3.59. The van der Waals surface area contributed by atoms with Gasteiger partial charge in [0, 0.05) is 16.0 Å². The van der Waals surface area contributed by atoms with Crippen molar-refractivity contribution >= 4 is 28.3 Å². The summed E-state index contributed by atoms with van der Waals surface area (Å²) in [6, 6.07) is 13.8. The molecule has 2 heterocycles. The van der Waals surface area contributed by atoms with Gasteiger partial charge in [-0.3, -0.25) is 4.79 Å². The van der Waals surface area contributed by atoms with Gasteiger partial charge in [-0.2, -0.15) is 5.10 Å². The molecule has 8 heteroatoms. The zero-order valence-corrected chi connectivity index (χ0v) is 14.6. The molecule has 2 aromatic carbocycles. The Morgan fingerprint density at radius 2 is 1.85 bits per heavy atom. The number of hydrogen-bond donors (Lipinski definition) is 1. The zero-order valence-electron chi connectivity index (χ0n) is 13.8. The second kappa shape index (κ2) is 7.05. The molecule has 7 nitrogen and oxygen atoms in total. The number of ether oxygens (including phenoxy) is 1. The van der Waals surface area contributed by atoms with Crippen LogP contribution in [0.4, 0.5) is 0 Å². The minimum atomic E-state index is -0.686. The lowest BCUT2D eigenvalue weighted by atomic mass is 10.1. The summed E-state index contributed by atoms with van der Waals surface area (Å²) in [5.74, 6) is 0.0843. The topological polar surface area (TPSA) is 98.1 Å². The van der Waals surface area contributed by atoms with Crippen molar-refractivity contribution < 1.29 is 13.9 Å². The van der Waals surface area contributed by atoms with Gasteiger partial charge < -0.3 is 9.15 Å². The highest BCUT2D eigenvalue weighted by Crippen LogP contribution is 2.23. The third-order valence-electron chi connectivity index (χ3n) is 3.90. The molecule has 0 bridgehead atoms. The van der Waals surface area contributed by atoms with Gasteiger partial charge in [0.05, 0.1) is 11.6 Å². The number of esters is 1. The van der Waals surface area contributed by atoms with Gasteiger partial charge >= 0.3 is 5.97 Å². The Bertz CT molecular complexity index is 1180. The number of rotatable bonds is 4. The Hall–Kier alpha value is -3.45. The molecule has 1 N–H and O–H groups in total. The van der Waals surface area contributed by atoms with Crippen molar-refractivity contribution in [3.05, 3.63) is 81.7 Å². The lowest BCUT2D eigenvalue weighted by molar-refractivity contribution is 0.0433.